The van der Waals surface area contributed by atoms with Gasteiger partial charge in [0.2, 0.25) is 5.91 Å². The van der Waals surface area contributed by atoms with Gasteiger partial charge in [-0.25, -0.2) is 13.6 Å². The number of carbonyl (C=O) groups excluding carboxylic acids is 3. The Bertz CT molecular complexity index is 773. The highest BCUT2D eigenvalue weighted by atomic mass is 32.3. The number of hydrogen-bond donors (Lipinski definition) is 4. The zero-order chi connectivity index (χ0) is 20.7. The van der Waals surface area contributed by atoms with Crippen LogP contribution < -0.4 is 16.2 Å². The zero-order valence-corrected chi connectivity index (χ0v) is 15.2. The number of carbonyl (C=O) groups is 3. The average Bonchev–Trinajstić information content (AvgIpc) is 3.17. The maximum Gasteiger partial charge on any atom is 0.418 e. The molecular formula is C13H19F2N5O7S. The standard InChI is InChI=1S/C13H19F2N5O7S/c14-13(15)5-8(11(22)18-17-10(21)4-7-2-1-3-16-7)19-6-9(13)20(12(19)23)27-28(24,25)26/h7-9,16H,1-6H2,(H,17,21)(H,18,22)(H,24,25,26). The molecule has 3 saturated heterocycles. The number of fused-ring (bicyclic) bond motifs is 2. The van der Waals surface area contributed by atoms with E-state index >= 15 is 0 Å². The van der Waals surface area contributed by atoms with Crippen LogP contribution in [0.2, 0.25) is 0 Å². The molecule has 0 spiro atoms. The number of nitrogens with zero attached hydrogens (tertiary/aromatic N) is 2. The Kier molecular flexibility index (Phi) is 5.44. The van der Waals surface area contributed by atoms with Gasteiger partial charge >= 0.3 is 16.4 Å². The number of hydrogen-bond acceptors (Lipinski definition) is 7. The zero-order valence-electron chi connectivity index (χ0n) is 14.4. The molecule has 3 fully saturated rings. The molecule has 0 aromatic rings. The van der Waals surface area contributed by atoms with Gasteiger partial charge in [0.05, 0.1) is 6.54 Å². The number of halogens is 2. The molecule has 158 valence electrons. The Morgan fingerprint density at radius 3 is 2.68 bits per heavy atom. The van der Waals surface area contributed by atoms with Gasteiger partial charge < -0.3 is 10.2 Å². The number of amides is 4. The molecular weight excluding hydrogens is 408 g/mol. The quantitative estimate of drug-likeness (QED) is 0.306. The largest absolute Gasteiger partial charge is 0.418 e. The first-order valence-corrected chi connectivity index (χ1v) is 9.81. The summed E-state index contributed by atoms with van der Waals surface area (Å²) < 4.78 is 62.9. The summed E-state index contributed by atoms with van der Waals surface area (Å²) in [7, 11) is -5.22. The van der Waals surface area contributed by atoms with Gasteiger partial charge in [-0.3, -0.25) is 25.0 Å². The molecule has 3 aliphatic rings. The van der Waals surface area contributed by atoms with Crippen molar-refractivity contribution in [1.82, 2.24) is 26.1 Å². The highest BCUT2D eigenvalue weighted by Gasteiger charge is 2.62. The minimum absolute atomic E-state index is 0.0389. The van der Waals surface area contributed by atoms with E-state index in [0.29, 0.717) is 4.90 Å². The maximum atomic E-state index is 14.3. The van der Waals surface area contributed by atoms with Crippen molar-refractivity contribution in [3.8, 4) is 0 Å². The molecule has 2 bridgehead atoms. The van der Waals surface area contributed by atoms with Crippen molar-refractivity contribution in [1.29, 1.82) is 0 Å². The van der Waals surface area contributed by atoms with Gasteiger partial charge in [0.1, 0.15) is 12.1 Å². The number of rotatable bonds is 5. The molecule has 0 radical (unpaired) electrons. The van der Waals surface area contributed by atoms with Gasteiger partial charge in [0.15, 0.2) is 0 Å². The number of nitrogens with one attached hydrogen (secondary N) is 3. The number of hydroxylamine groups is 2. The lowest BCUT2D eigenvalue weighted by atomic mass is 9.96. The molecule has 0 aliphatic carbocycles. The van der Waals surface area contributed by atoms with Crippen molar-refractivity contribution < 1.29 is 40.4 Å². The Morgan fingerprint density at radius 2 is 2.07 bits per heavy atom. The third-order valence-electron chi connectivity index (χ3n) is 4.81. The van der Waals surface area contributed by atoms with Crippen LogP contribution in [0.15, 0.2) is 0 Å². The van der Waals surface area contributed by atoms with E-state index in [2.05, 4.69) is 15.0 Å². The van der Waals surface area contributed by atoms with E-state index in [4.69, 9.17) is 4.55 Å². The molecule has 28 heavy (non-hydrogen) atoms. The summed E-state index contributed by atoms with van der Waals surface area (Å²) in [6.45, 7) is 0.0845. The Morgan fingerprint density at radius 1 is 1.36 bits per heavy atom. The van der Waals surface area contributed by atoms with Crippen molar-refractivity contribution in [3.63, 3.8) is 0 Å². The van der Waals surface area contributed by atoms with E-state index < -0.39 is 59.2 Å². The van der Waals surface area contributed by atoms with Crippen molar-refractivity contribution in [2.24, 2.45) is 0 Å². The minimum Gasteiger partial charge on any atom is -0.313 e. The first-order valence-electron chi connectivity index (χ1n) is 8.45. The number of alkyl halides is 2. The van der Waals surface area contributed by atoms with Crippen LogP contribution in [0.3, 0.4) is 0 Å². The summed E-state index contributed by atoms with van der Waals surface area (Å²) in [6, 6.07) is -5.02. The SMILES string of the molecule is O=C(CC1CCCN1)NNC(=O)C1CC(F)(F)C2CN1C(=O)N2OS(=O)(=O)O. The number of urea groups is 1. The fourth-order valence-corrected chi connectivity index (χ4v) is 3.88. The lowest BCUT2D eigenvalue weighted by molar-refractivity contribution is -0.154. The molecule has 3 aliphatic heterocycles. The molecule has 4 N–H and O–H groups in total. The summed E-state index contributed by atoms with van der Waals surface area (Å²) in [6.07, 6.45) is 0.688. The summed E-state index contributed by atoms with van der Waals surface area (Å²) >= 11 is 0. The molecule has 3 rings (SSSR count). The van der Waals surface area contributed by atoms with Crippen molar-refractivity contribution in [3.05, 3.63) is 0 Å². The molecule has 15 heteroatoms. The van der Waals surface area contributed by atoms with Crippen LogP contribution in [0.5, 0.6) is 0 Å². The Hall–Kier alpha value is -2.10. The van der Waals surface area contributed by atoms with E-state index in [1.54, 1.807) is 0 Å². The second kappa shape index (κ2) is 7.38. The van der Waals surface area contributed by atoms with Crippen molar-refractivity contribution in [2.75, 3.05) is 13.1 Å². The van der Waals surface area contributed by atoms with Gasteiger partial charge in [0.25, 0.3) is 11.8 Å². The fraction of sp³-hybridized carbons (Fsp3) is 0.769. The highest BCUT2D eigenvalue weighted by molar-refractivity contribution is 7.80. The maximum absolute atomic E-state index is 14.3. The molecule has 3 atom stereocenters. The Balaban J connectivity index is 1.63. The Labute approximate surface area is 158 Å². The van der Waals surface area contributed by atoms with E-state index in [1.165, 1.54) is 0 Å². The van der Waals surface area contributed by atoms with Crippen LogP contribution >= 0.6 is 0 Å². The smallest absolute Gasteiger partial charge is 0.313 e. The van der Waals surface area contributed by atoms with Gasteiger partial charge in [-0.1, -0.05) is 0 Å². The monoisotopic (exact) mass is 427 g/mol. The second-order valence-electron chi connectivity index (χ2n) is 6.79. The molecule has 4 amide bonds. The first kappa shape index (κ1) is 20.6. The fourth-order valence-electron chi connectivity index (χ4n) is 3.51. The molecule has 3 unspecified atom stereocenters. The van der Waals surface area contributed by atoms with Gasteiger partial charge in [-0.15, -0.1) is 4.28 Å². The van der Waals surface area contributed by atoms with E-state index in [0.717, 1.165) is 19.4 Å². The second-order valence-corrected chi connectivity index (χ2v) is 7.80. The molecule has 3 heterocycles. The topological polar surface area (TPSA) is 157 Å². The lowest BCUT2D eigenvalue weighted by Gasteiger charge is -2.34. The summed E-state index contributed by atoms with van der Waals surface area (Å²) in [5.74, 6) is -5.27. The van der Waals surface area contributed by atoms with E-state index in [9.17, 15) is 31.6 Å². The molecule has 12 nitrogen and oxygen atoms in total. The van der Waals surface area contributed by atoms with Crippen molar-refractivity contribution in [2.45, 2.75) is 49.7 Å². The molecule has 0 saturated carbocycles. The van der Waals surface area contributed by atoms with Gasteiger partial charge in [-0.2, -0.15) is 13.5 Å². The normalized spacial score (nSPS) is 29.1. The van der Waals surface area contributed by atoms with Crippen molar-refractivity contribution >= 4 is 28.2 Å². The van der Waals surface area contributed by atoms with Crippen LogP contribution in [0.1, 0.15) is 25.7 Å². The van der Waals surface area contributed by atoms with Crippen LogP contribution in [0.25, 0.3) is 0 Å². The van der Waals surface area contributed by atoms with Crippen LogP contribution in [-0.2, 0) is 24.3 Å². The van der Waals surface area contributed by atoms with Gasteiger partial charge in [-0.05, 0) is 19.4 Å². The van der Waals surface area contributed by atoms with Gasteiger partial charge in [0, 0.05) is 18.9 Å². The molecule has 0 aromatic heterocycles. The van der Waals surface area contributed by atoms with E-state index in [-0.39, 0.29) is 17.5 Å². The lowest BCUT2D eigenvalue weighted by Crippen LogP contribution is -2.58. The minimum atomic E-state index is -5.22. The average molecular weight is 427 g/mol. The summed E-state index contributed by atoms with van der Waals surface area (Å²) in [4.78, 5) is 37.0. The third-order valence-corrected chi connectivity index (χ3v) is 5.16. The highest BCUT2D eigenvalue weighted by Crippen LogP contribution is 2.40. The number of hydrazine groups is 1. The predicted molar refractivity (Wildman–Crippen MR) is 85.6 cm³/mol. The van der Waals surface area contributed by atoms with Crippen LogP contribution in [0.4, 0.5) is 13.6 Å². The van der Waals surface area contributed by atoms with E-state index in [1.807, 2.05) is 5.43 Å². The third kappa shape index (κ3) is 4.31. The number of piperidine rings is 1. The molecule has 0 aromatic carbocycles. The summed E-state index contributed by atoms with van der Waals surface area (Å²) in [5.41, 5.74) is 4.12. The predicted octanol–water partition coefficient (Wildman–Crippen LogP) is -1.48. The van der Waals surface area contributed by atoms with Crippen LogP contribution in [0, 0.1) is 0 Å². The summed E-state index contributed by atoms with van der Waals surface area (Å²) in [5, 5.41) is 2.93. The van der Waals surface area contributed by atoms with Crippen LogP contribution in [-0.4, -0.2) is 77.9 Å². The first-order chi connectivity index (χ1) is 13.0.